The quantitative estimate of drug-likeness (QED) is 0.713. The summed E-state index contributed by atoms with van der Waals surface area (Å²) in [5.74, 6) is 0.0412. The third kappa shape index (κ3) is 3.28. The third-order valence-electron chi connectivity index (χ3n) is 4.39. The largest absolute Gasteiger partial charge is 0.337 e. The van der Waals surface area contributed by atoms with E-state index < -0.39 is 0 Å². The number of benzene rings is 1. The first-order valence-corrected chi connectivity index (χ1v) is 8.31. The summed E-state index contributed by atoms with van der Waals surface area (Å²) in [5.41, 5.74) is 1.07. The average molecular weight is 353 g/mol. The van der Waals surface area contributed by atoms with Crippen molar-refractivity contribution in [2.45, 2.75) is 18.9 Å². The molecule has 26 heavy (non-hydrogen) atoms. The Bertz CT molecular complexity index is 889. The first-order chi connectivity index (χ1) is 12.7. The highest BCUT2D eigenvalue weighted by Crippen LogP contribution is 2.23. The number of hydrogen-bond donors (Lipinski definition) is 0. The Labute approximate surface area is 148 Å². The van der Waals surface area contributed by atoms with Crippen LogP contribution in [0.25, 0.3) is 11.4 Å². The van der Waals surface area contributed by atoms with Crippen LogP contribution in [0.5, 0.6) is 0 Å². The summed E-state index contributed by atoms with van der Waals surface area (Å²) in [6.07, 6.45) is 5.98. The van der Waals surface area contributed by atoms with Crippen molar-refractivity contribution in [3.8, 4) is 11.4 Å². The second-order valence-corrected chi connectivity index (χ2v) is 6.05. The lowest BCUT2D eigenvalue weighted by molar-refractivity contribution is 0.0676. The third-order valence-corrected chi connectivity index (χ3v) is 4.39. The molecule has 1 saturated heterocycles. The highest BCUT2D eigenvalue weighted by Gasteiger charge is 2.26. The van der Waals surface area contributed by atoms with E-state index in [-0.39, 0.29) is 17.8 Å². The molecule has 0 N–H and O–H groups in total. The van der Waals surface area contributed by atoms with Crippen LogP contribution in [0.1, 0.15) is 29.4 Å². The van der Waals surface area contributed by atoms with E-state index in [4.69, 9.17) is 0 Å². The van der Waals surface area contributed by atoms with Gasteiger partial charge in [0.1, 0.15) is 11.5 Å². The number of rotatable bonds is 3. The van der Waals surface area contributed by atoms with Crippen molar-refractivity contribution in [3.63, 3.8) is 0 Å². The fourth-order valence-corrected chi connectivity index (χ4v) is 2.97. The van der Waals surface area contributed by atoms with Crippen LogP contribution in [-0.4, -0.2) is 54.1 Å². The van der Waals surface area contributed by atoms with Gasteiger partial charge < -0.3 is 4.90 Å². The van der Waals surface area contributed by atoms with Crippen LogP contribution in [0.4, 0.5) is 4.39 Å². The van der Waals surface area contributed by atoms with Gasteiger partial charge in [-0.05, 0) is 42.3 Å². The molecule has 0 aliphatic carbocycles. The zero-order valence-corrected chi connectivity index (χ0v) is 13.9. The topological polar surface area (TPSA) is 89.7 Å². The van der Waals surface area contributed by atoms with E-state index in [9.17, 15) is 9.18 Å². The molecule has 1 amide bonds. The highest BCUT2D eigenvalue weighted by atomic mass is 19.1. The molecule has 3 heterocycles. The zero-order valence-electron chi connectivity index (χ0n) is 13.9. The molecule has 8 nitrogen and oxygen atoms in total. The first kappa shape index (κ1) is 16.2. The summed E-state index contributed by atoms with van der Waals surface area (Å²) in [7, 11) is 0. The normalized spacial score (nSPS) is 15.2. The molecule has 0 spiro atoms. The van der Waals surface area contributed by atoms with Gasteiger partial charge in [0, 0.05) is 31.0 Å². The molecule has 132 valence electrons. The second-order valence-electron chi connectivity index (χ2n) is 6.05. The van der Waals surface area contributed by atoms with Crippen LogP contribution < -0.4 is 0 Å². The average Bonchev–Trinajstić information content (AvgIpc) is 3.19. The molecule has 9 heteroatoms. The van der Waals surface area contributed by atoms with E-state index in [1.165, 1.54) is 30.7 Å². The van der Waals surface area contributed by atoms with E-state index in [1.54, 1.807) is 21.8 Å². The molecule has 3 aromatic rings. The van der Waals surface area contributed by atoms with Crippen LogP contribution in [0.3, 0.4) is 0 Å². The Kier molecular flexibility index (Phi) is 4.34. The van der Waals surface area contributed by atoms with Gasteiger partial charge in [-0.3, -0.25) is 9.78 Å². The summed E-state index contributed by atoms with van der Waals surface area (Å²) in [4.78, 5) is 23.7. The predicted molar refractivity (Wildman–Crippen MR) is 89.4 cm³/mol. The number of tetrazole rings is 1. The van der Waals surface area contributed by atoms with Gasteiger partial charge in [0.25, 0.3) is 5.91 Å². The van der Waals surface area contributed by atoms with E-state index in [0.29, 0.717) is 30.2 Å². The molecular weight excluding hydrogens is 337 g/mol. The highest BCUT2D eigenvalue weighted by molar-refractivity contribution is 5.92. The lowest BCUT2D eigenvalue weighted by Crippen LogP contribution is -2.39. The van der Waals surface area contributed by atoms with Gasteiger partial charge in [0.2, 0.25) is 5.82 Å². The Morgan fingerprint density at radius 1 is 1.12 bits per heavy atom. The SMILES string of the molecule is O=C(c1cnccn1)N1CCC(n2nnc(-c3ccc(F)cc3)n2)CC1. The van der Waals surface area contributed by atoms with Gasteiger partial charge in [-0.2, -0.15) is 4.80 Å². The van der Waals surface area contributed by atoms with Gasteiger partial charge in [-0.1, -0.05) is 0 Å². The monoisotopic (exact) mass is 353 g/mol. The van der Waals surface area contributed by atoms with Crippen LogP contribution in [-0.2, 0) is 0 Å². The molecule has 1 aliphatic heterocycles. The van der Waals surface area contributed by atoms with Crippen molar-refractivity contribution < 1.29 is 9.18 Å². The maximum atomic E-state index is 13.0. The Balaban J connectivity index is 1.41. The summed E-state index contributed by atoms with van der Waals surface area (Å²) in [5, 5.41) is 12.6. The number of aromatic nitrogens is 6. The van der Waals surface area contributed by atoms with Crippen molar-refractivity contribution in [2.75, 3.05) is 13.1 Å². The van der Waals surface area contributed by atoms with Crippen LogP contribution in [0.15, 0.2) is 42.9 Å². The van der Waals surface area contributed by atoms with E-state index in [0.717, 1.165) is 12.8 Å². The lowest BCUT2D eigenvalue weighted by atomic mass is 10.1. The standard InChI is InChI=1S/C17H16FN7O/c18-13-3-1-12(2-4-13)16-21-23-25(22-16)14-5-9-24(10-6-14)17(26)15-11-19-7-8-20-15/h1-4,7-8,11,14H,5-6,9-10H2. The van der Waals surface area contributed by atoms with E-state index >= 15 is 0 Å². The number of likely N-dealkylation sites (tertiary alicyclic amines) is 1. The van der Waals surface area contributed by atoms with E-state index in [1.807, 2.05) is 0 Å². The molecular formula is C17H16FN7O. The van der Waals surface area contributed by atoms with Gasteiger partial charge in [-0.15, -0.1) is 10.2 Å². The molecule has 0 unspecified atom stereocenters. The summed E-state index contributed by atoms with van der Waals surface area (Å²) in [6.45, 7) is 1.18. The van der Waals surface area contributed by atoms with E-state index in [2.05, 4.69) is 25.4 Å². The van der Waals surface area contributed by atoms with Crippen molar-refractivity contribution in [3.05, 3.63) is 54.4 Å². The maximum absolute atomic E-state index is 13.0. The Morgan fingerprint density at radius 2 is 1.88 bits per heavy atom. The lowest BCUT2D eigenvalue weighted by Gasteiger charge is -2.30. The smallest absolute Gasteiger partial charge is 0.274 e. The molecule has 0 radical (unpaired) electrons. The minimum Gasteiger partial charge on any atom is -0.337 e. The van der Waals surface area contributed by atoms with Crippen molar-refractivity contribution >= 4 is 5.91 Å². The number of carbonyl (C=O) groups excluding carboxylic acids is 1. The fourth-order valence-electron chi connectivity index (χ4n) is 2.97. The maximum Gasteiger partial charge on any atom is 0.274 e. The molecule has 0 saturated carbocycles. The van der Waals surface area contributed by atoms with Crippen LogP contribution >= 0.6 is 0 Å². The Hall–Kier alpha value is -3.23. The predicted octanol–water partition coefficient (Wildman–Crippen LogP) is 1.75. The zero-order chi connectivity index (χ0) is 17.9. The van der Waals surface area contributed by atoms with Gasteiger partial charge in [0.15, 0.2) is 0 Å². The number of carbonyl (C=O) groups is 1. The number of nitrogens with zero attached hydrogens (tertiary/aromatic N) is 7. The summed E-state index contributed by atoms with van der Waals surface area (Å²) < 4.78 is 13.0. The van der Waals surface area contributed by atoms with Crippen LogP contribution in [0.2, 0.25) is 0 Å². The van der Waals surface area contributed by atoms with Crippen molar-refractivity contribution in [2.24, 2.45) is 0 Å². The minimum absolute atomic E-state index is 0.0719. The van der Waals surface area contributed by atoms with Gasteiger partial charge in [0.05, 0.1) is 12.2 Å². The second kappa shape index (κ2) is 6.95. The number of halogens is 1. The number of amides is 1. The molecule has 1 fully saturated rings. The molecule has 1 aromatic carbocycles. The summed E-state index contributed by atoms with van der Waals surface area (Å²) in [6, 6.07) is 6.05. The van der Waals surface area contributed by atoms with Crippen molar-refractivity contribution in [1.82, 2.24) is 35.1 Å². The molecule has 2 aromatic heterocycles. The fraction of sp³-hybridized carbons (Fsp3) is 0.294. The minimum atomic E-state index is -0.304. The van der Waals surface area contributed by atoms with Crippen LogP contribution in [0, 0.1) is 5.82 Å². The summed E-state index contributed by atoms with van der Waals surface area (Å²) >= 11 is 0. The molecule has 0 bridgehead atoms. The van der Waals surface area contributed by atoms with Gasteiger partial charge in [-0.25, -0.2) is 9.37 Å². The van der Waals surface area contributed by atoms with Gasteiger partial charge >= 0.3 is 0 Å². The molecule has 1 aliphatic rings. The molecule has 0 atom stereocenters. The number of hydrogen-bond acceptors (Lipinski definition) is 6. The Morgan fingerprint density at radius 3 is 2.58 bits per heavy atom. The van der Waals surface area contributed by atoms with Crippen molar-refractivity contribution in [1.29, 1.82) is 0 Å². The first-order valence-electron chi connectivity index (χ1n) is 8.31. The number of piperidine rings is 1. The molecule has 4 rings (SSSR count).